The minimum Gasteiger partial charge on any atom is -0.341 e. The molecule has 0 aromatic carbocycles. The lowest BCUT2D eigenvalue weighted by Gasteiger charge is -2.17. The molecule has 2 rings (SSSR count). The highest BCUT2D eigenvalue weighted by Crippen LogP contribution is 2.14. The second-order valence-corrected chi connectivity index (χ2v) is 6.22. The predicted octanol–water partition coefficient (Wildman–Crippen LogP) is 2.57. The van der Waals surface area contributed by atoms with E-state index < -0.39 is 0 Å². The number of carbonyl (C=O) groups excluding carboxylic acids is 1. The van der Waals surface area contributed by atoms with Gasteiger partial charge in [-0.15, -0.1) is 5.10 Å². The molecule has 0 radical (unpaired) electrons. The number of amides is 1. The minimum absolute atomic E-state index is 0.144. The minimum atomic E-state index is -0.331. The number of nitrogens with one attached hydrogen (secondary N) is 1. The highest BCUT2D eigenvalue weighted by molar-refractivity contribution is 6.30. The molecule has 6 nitrogen and oxygen atoms in total. The van der Waals surface area contributed by atoms with Crippen LogP contribution < -0.4 is 5.32 Å². The Labute approximate surface area is 128 Å². The van der Waals surface area contributed by atoms with Crippen molar-refractivity contribution in [1.29, 1.82) is 0 Å². The van der Waals surface area contributed by atoms with Crippen LogP contribution in [0.1, 0.15) is 50.0 Å². The van der Waals surface area contributed by atoms with E-state index in [-0.39, 0.29) is 23.3 Å². The smallest absolute Gasteiger partial charge is 0.291 e. The molecule has 0 fully saturated rings. The Balaban J connectivity index is 2.07. The van der Waals surface area contributed by atoms with Crippen molar-refractivity contribution < 1.29 is 4.79 Å². The van der Waals surface area contributed by atoms with E-state index in [9.17, 15) is 4.79 Å². The van der Waals surface area contributed by atoms with Crippen molar-refractivity contribution in [1.82, 2.24) is 25.1 Å². The molecular formula is C14H18ClN5O. The molecule has 0 unspecified atom stereocenters. The molecule has 0 spiro atoms. The van der Waals surface area contributed by atoms with Crippen LogP contribution in [0.4, 0.5) is 0 Å². The van der Waals surface area contributed by atoms with Gasteiger partial charge in [0, 0.05) is 6.20 Å². The summed E-state index contributed by atoms with van der Waals surface area (Å²) in [4.78, 5) is 20.4. The maximum atomic E-state index is 12.1. The van der Waals surface area contributed by atoms with Gasteiger partial charge < -0.3 is 5.32 Å². The maximum Gasteiger partial charge on any atom is 0.291 e. The van der Waals surface area contributed by atoms with E-state index in [0.29, 0.717) is 5.02 Å². The Morgan fingerprint density at radius 2 is 2.05 bits per heavy atom. The number of carbonyl (C=O) groups is 1. The number of pyridine rings is 1. The van der Waals surface area contributed by atoms with Gasteiger partial charge in [0.15, 0.2) is 0 Å². The molecule has 112 valence electrons. The zero-order valence-corrected chi connectivity index (χ0v) is 13.2. The lowest BCUT2D eigenvalue weighted by molar-refractivity contribution is 0.0927. The van der Waals surface area contributed by atoms with E-state index in [4.69, 9.17) is 11.6 Å². The van der Waals surface area contributed by atoms with Crippen molar-refractivity contribution in [2.45, 2.75) is 39.3 Å². The van der Waals surface area contributed by atoms with Crippen LogP contribution in [0.3, 0.4) is 0 Å². The zero-order chi connectivity index (χ0) is 15.6. The molecule has 0 bridgehead atoms. The molecule has 2 aromatic heterocycles. The lowest BCUT2D eigenvalue weighted by Crippen LogP contribution is -2.29. The second-order valence-electron chi connectivity index (χ2n) is 5.78. The molecule has 2 heterocycles. The Bertz CT molecular complexity index is 630. The number of halogens is 1. The molecule has 1 amide bonds. The Kier molecular flexibility index (Phi) is 4.27. The molecule has 0 aliphatic heterocycles. The number of rotatable bonds is 3. The summed E-state index contributed by atoms with van der Waals surface area (Å²) in [6.07, 6.45) is 3.10. The predicted molar refractivity (Wildman–Crippen MR) is 80.1 cm³/mol. The summed E-state index contributed by atoms with van der Waals surface area (Å²) >= 11 is 5.79. The van der Waals surface area contributed by atoms with E-state index in [1.165, 1.54) is 0 Å². The standard InChI is InChI=1S/C14H18ClN5O/c1-9(11-6-5-10(15)7-16-11)18-13(21)12-17-8-20(19-12)14(2,3)4/h5-9H,1-4H3,(H,18,21)/t9-/m0/s1. The summed E-state index contributed by atoms with van der Waals surface area (Å²) < 4.78 is 1.66. The van der Waals surface area contributed by atoms with E-state index in [1.807, 2.05) is 27.7 Å². The fourth-order valence-corrected chi connectivity index (χ4v) is 1.78. The Hall–Kier alpha value is -1.95. The summed E-state index contributed by atoms with van der Waals surface area (Å²) in [5.41, 5.74) is 0.512. The topological polar surface area (TPSA) is 72.7 Å². The average molecular weight is 308 g/mol. The maximum absolute atomic E-state index is 12.1. The number of aromatic nitrogens is 4. The van der Waals surface area contributed by atoms with Gasteiger partial charge in [-0.2, -0.15) is 0 Å². The normalized spacial score (nSPS) is 13.0. The highest BCUT2D eigenvalue weighted by Gasteiger charge is 2.20. The first-order valence-corrected chi connectivity index (χ1v) is 6.99. The van der Waals surface area contributed by atoms with Crippen LogP contribution in [0.25, 0.3) is 0 Å². The van der Waals surface area contributed by atoms with Gasteiger partial charge in [-0.05, 0) is 39.8 Å². The largest absolute Gasteiger partial charge is 0.341 e. The van der Waals surface area contributed by atoms with E-state index >= 15 is 0 Å². The van der Waals surface area contributed by atoms with Crippen LogP contribution in [0.5, 0.6) is 0 Å². The van der Waals surface area contributed by atoms with Gasteiger partial charge in [0.05, 0.1) is 22.3 Å². The van der Waals surface area contributed by atoms with Crippen molar-refractivity contribution >= 4 is 17.5 Å². The molecule has 2 aromatic rings. The molecule has 0 aliphatic rings. The fourth-order valence-electron chi connectivity index (χ4n) is 1.67. The first-order chi connectivity index (χ1) is 9.77. The molecule has 21 heavy (non-hydrogen) atoms. The Morgan fingerprint density at radius 3 is 2.57 bits per heavy atom. The van der Waals surface area contributed by atoms with Gasteiger partial charge in [0.2, 0.25) is 5.82 Å². The van der Waals surface area contributed by atoms with Crippen molar-refractivity contribution in [3.05, 3.63) is 41.2 Å². The summed E-state index contributed by atoms with van der Waals surface area (Å²) in [5.74, 6) is -0.187. The van der Waals surface area contributed by atoms with Crippen LogP contribution in [0.2, 0.25) is 5.02 Å². The van der Waals surface area contributed by atoms with Gasteiger partial charge in [0.25, 0.3) is 5.91 Å². The van der Waals surface area contributed by atoms with Crippen LogP contribution >= 0.6 is 11.6 Å². The molecule has 1 N–H and O–H groups in total. The third-order valence-electron chi connectivity index (χ3n) is 2.92. The lowest BCUT2D eigenvalue weighted by atomic mass is 10.1. The van der Waals surface area contributed by atoms with E-state index in [2.05, 4.69) is 20.4 Å². The van der Waals surface area contributed by atoms with Gasteiger partial charge in [-0.3, -0.25) is 9.78 Å². The van der Waals surface area contributed by atoms with Crippen molar-refractivity contribution in [3.8, 4) is 0 Å². The van der Waals surface area contributed by atoms with Crippen LogP contribution in [0.15, 0.2) is 24.7 Å². The Morgan fingerprint density at radius 1 is 1.33 bits per heavy atom. The number of hydrogen-bond donors (Lipinski definition) is 1. The molecule has 1 atom stereocenters. The monoisotopic (exact) mass is 307 g/mol. The third kappa shape index (κ3) is 3.78. The summed E-state index contributed by atoms with van der Waals surface area (Å²) in [6, 6.07) is 3.25. The number of hydrogen-bond acceptors (Lipinski definition) is 4. The summed E-state index contributed by atoms with van der Waals surface area (Å²) in [5, 5.41) is 7.57. The number of nitrogens with zero attached hydrogens (tertiary/aromatic N) is 4. The molecule has 0 aliphatic carbocycles. The summed E-state index contributed by atoms with van der Waals surface area (Å²) in [6.45, 7) is 7.81. The summed E-state index contributed by atoms with van der Waals surface area (Å²) in [7, 11) is 0. The molecule has 0 saturated heterocycles. The first kappa shape index (κ1) is 15.4. The third-order valence-corrected chi connectivity index (χ3v) is 3.15. The van der Waals surface area contributed by atoms with Crippen LogP contribution in [-0.2, 0) is 5.54 Å². The van der Waals surface area contributed by atoms with E-state index in [0.717, 1.165) is 5.69 Å². The van der Waals surface area contributed by atoms with Gasteiger partial charge >= 0.3 is 0 Å². The fraction of sp³-hybridized carbons (Fsp3) is 0.429. The second kappa shape index (κ2) is 5.81. The van der Waals surface area contributed by atoms with Crippen molar-refractivity contribution in [2.75, 3.05) is 0 Å². The SMILES string of the molecule is C[C@H](NC(=O)c1ncn(C(C)(C)C)n1)c1ccc(Cl)cn1. The molecule has 0 saturated carbocycles. The first-order valence-electron chi connectivity index (χ1n) is 6.62. The van der Waals surface area contributed by atoms with Crippen LogP contribution in [0, 0.1) is 0 Å². The van der Waals surface area contributed by atoms with Gasteiger partial charge in [0.1, 0.15) is 6.33 Å². The van der Waals surface area contributed by atoms with E-state index in [1.54, 1.807) is 29.3 Å². The molecule has 7 heteroatoms. The van der Waals surface area contributed by atoms with Gasteiger partial charge in [-0.1, -0.05) is 11.6 Å². The quantitative estimate of drug-likeness (QED) is 0.946. The van der Waals surface area contributed by atoms with Crippen molar-refractivity contribution in [3.63, 3.8) is 0 Å². The van der Waals surface area contributed by atoms with Crippen LogP contribution in [-0.4, -0.2) is 25.7 Å². The highest BCUT2D eigenvalue weighted by atomic mass is 35.5. The van der Waals surface area contributed by atoms with Gasteiger partial charge in [-0.25, -0.2) is 9.67 Å². The average Bonchev–Trinajstić information content (AvgIpc) is 2.88. The zero-order valence-electron chi connectivity index (χ0n) is 12.5. The van der Waals surface area contributed by atoms with Crippen molar-refractivity contribution in [2.24, 2.45) is 0 Å². The molecular weight excluding hydrogens is 290 g/mol.